The van der Waals surface area contributed by atoms with Crippen LogP contribution < -0.4 is 5.56 Å². The molecule has 0 atom stereocenters. The van der Waals surface area contributed by atoms with Crippen LogP contribution in [0.5, 0.6) is 0 Å². The maximum Gasteiger partial charge on any atom is 0.255 e. The SMILES string of the molecule is Cc1cc(=O)[nH]cc1C(=O)N(CCc1cccc(F)c1)C1CCCC1. The van der Waals surface area contributed by atoms with Crippen molar-refractivity contribution < 1.29 is 9.18 Å². The van der Waals surface area contributed by atoms with Crippen molar-refractivity contribution in [2.45, 2.75) is 45.1 Å². The summed E-state index contributed by atoms with van der Waals surface area (Å²) in [6, 6.07) is 8.18. The van der Waals surface area contributed by atoms with Gasteiger partial charge in [-0.1, -0.05) is 25.0 Å². The van der Waals surface area contributed by atoms with E-state index in [4.69, 9.17) is 0 Å². The van der Waals surface area contributed by atoms with Crippen LogP contribution in [0.1, 0.15) is 47.2 Å². The van der Waals surface area contributed by atoms with Gasteiger partial charge in [-0.25, -0.2) is 4.39 Å². The lowest BCUT2D eigenvalue weighted by atomic mass is 10.1. The Kier molecular flexibility index (Phi) is 5.31. The lowest BCUT2D eigenvalue weighted by Crippen LogP contribution is -2.40. The number of carbonyl (C=O) groups excluding carboxylic acids is 1. The maximum atomic E-state index is 13.4. The van der Waals surface area contributed by atoms with Gasteiger partial charge in [0.05, 0.1) is 5.56 Å². The molecule has 4 nitrogen and oxygen atoms in total. The fraction of sp³-hybridized carbons (Fsp3) is 0.400. The number of nitrogens with one attached hydrogen (secondary N) is 1. The smallest absolute Gasteiger partial charge is 0.255 e. The molecule has 1 saturated carbocycles. The standard InChI is InChI=1S/C20H23FN2O2/c1-14-11-19(24)22-13-18(14)20(25)23(17-7-2-3-8-17)10-9-15-5-4-6-16(21)12-15/h4-6,11-13,17H,2-3,7-10H2,1H3,(H,22,24). The number of nitrogens with zero attached hydrogens (tertiary/aromatic N) is 1. The molecular weight excluding hydrogens is 319 g/mol. The Morgan fingerprint density at radius 3 is 2.72 bits per heavy atom. The van der Waals surface area contributed by atoms with Gasteiger partial charge in [0.2, 0.25) is 5.56 Å². The maximum absolute atomic E-state index is 13.4. The minimum absolute atomic E-state index is 0.0583. The Bertz CT molecular complexity index is 809. The molecule has 0 spiro atoms. The molecule has 5 heteroatoms. The number of amides is 1. The van der Waals surface area contributed by atoms with Crippen LogP contribution in [0.15, 0.2) is 41.3 Å². The molecular formula is C20H23FN2O2. The molecule has 0 unspecified atom stereocenters. The molecule has 0 radical (unpaired) electrons. The van der Waals surface area contributed by atoms with E-state index in [2.05, 4.69) is 4.98 Å². The number of aromatic nitrogens is 1. The highest BCUT2D eigenvalue weighted by atomic mass is 19.1. The first-order valence-electron chi connectivity index (χ1n) is 8.79. The number of aromatic amines is 1. The molecule has 0 bridgehead atoms. The van der Waals surface area contributed by atoms with Gasteiger partial charge in [0.25, 0.3) is 5.91 Å². The summed E-state index contributed by atoms with van der Waals surface area (Å²) in [4.78, 5) is 29.0. The van der Waals surface area contributed by atoms with E-state index in [-0.39, 0.29) is 23.3 Å². The number of hydrogen-bond acceptors (Lipinski definition) is 2. The van der Waals surface area contributed by atoms with Crippen molar-refractivity contribution in [2.24, 2.45) is 0 Å². The van der Waals surface area contributed by atoms with Gasteiger partial charge in [0.15, 0.2) is 0 Å². The highest BCUT2D eigenvalue weighted by molar-refractivity contribution is 5.95. The molecule has 2 aromatic rings. The summed E-state index contributed by atoms with van der Waals surface area (Å²) in [6.45, 7) is 2.33. The summed E-state index contributed by atoms with van der Waals surface area (Å²) in [5.41, 5.74) is 1.89. The van der Waals surface area contributed by atoms with Crippen molar-refractivity contribution in [2.75, 3.05) is 6.54 Å². The molecule has 3 rings (SSSR count). The number of rotatable bonds is 5. The Hall–Kier alpha value is -2.43. The van der Waals surface area contributed by atoms with Crippen molar-refractivity contribution in [1.29, 1.82) is 0 Å². The molecule has 0 saturated heterocycles. The largest absolute Gasteiger partial charge is 0.335 e. The van der Waals surface area contributed by atoms with Crippen LogP contribution in [-0.4, -0.2) is 28.4 Å². The van der Waals surface area contributed by atoms with Crippen LogP contribution in [0.25, 0.3) is 0 Å². The number of halogens is 1. The van der Waals surface area contributed by atoms with Gasteiger partial charge in [0.1, 0.15) is 5.82 Å². The molecule has 1 aliphatic carbocycles. The van der Waals surface area contributed by atoms with Crippen LogP contribution in [0.3, 0.4) is 0 Å². The molecule has 1 N–H and O–H groups in total. The second kappa shape index (κ2) is 7.64. The Morgan fingerprint density at radius 2 is 2.04 bits per heavy atom. The first kappa shape index (κ1) is 17.4. The zero-order valence-electron chi connectivity index (χ0n) is 14.4. The Morgan fingerprint density at radius 1 is 1.28 bits per heavy atom. The molecule has 1 aromatic carbocycles. The van der Waals surface area contributed by atoms with Crippen molar-refractivity contribution in [3.05, 3.63) is 69.4 Å². The first-order valence-corrected chi connectivity index (χ1v) is 8.79. The van der Waals surface area contributed by atoms with E-state index < -0.39 is 0 Å². The molecule has 1 heterocycles. The van der Waals surface area contributed by atoms with E-state index in [9.17, 15) is 14.0 Å². The van der Waals surface area contributed by atoms with Crippen LogP contribution in [0.4, 0.5) is 4.39 Å². The zero-order chi connectivity index (χ0) is 17.8. The number of carbonyl (C=O) groups is 1. The molecule has 132 valence electrons. The third-order valence-electron chi connectivity index (χ3n) is 4.92. The minimum atomic E-state index is -0.257. The average Bonchev–Trinajstić information content (AvgIpc) is 3.09. The lowest BCUT2D eigenvalue weighted by molar-refractivity contribution is 0.0683. The summed E-state index contributed by atoms with van der Waals surface area (Å²) >= 11 is 0. The van der Waals surface area contributed by atoms with Crippen LogP contribution >= 0.6 is 0 Å². The number of benzene rings is 1. The van der Waals surface area contributed by atoms with Gasteiger partial charge in [-0.2, -0.15) is 0 Å². The molecule has 25 heavy (non-hydrogen) atoms. The summed E-state index contributed by atoms with van der Waals surface area (Å²) in [7, 11) is 0. The average molecular weight is 342 g/mol. The normalized spacial score (nSPS) is 14.6. The Balaban J connectivity index is 1.81. The van der Waals surface area contributed by atoms with Crippen molar-refractivity contribution >= 4 is 5.91 Å². The van der Waals surface area contributed by atoms with Crippen molar-refractivity contribution in [3.8, 4) is 0 Å². The third-order valence-corrected chi connectivity index (χ3v) is 4.92. The monoisotopic (exact) mass is 342 g/mol. The van der Waals surface area contributed by atoms with E-state index in [1.54, 1.807) is 13.0 Å². The number of hydrogen-bond donors (Lipinski definition) is 1. The van der Waals surface area contributed by atoms with Crippen molar-refractivity contribution in [3.63, 3.8) is 0 Å². The predicted octanol–water partition coefficient (Wildman–Crippen LogP) is 3.45. The van der Waals surface area contributed by atoms with Gasteiger partial charge in [-0.15, -0.1) is 0 Å². The highest BCUT2D eigenvalue weighted by Crippen LogP contribution is 2.25. The zero-order valence-corrected chi connectivity index (χ0v) is 14.4. The van der Waals surface area contributed by atoms with E-state index in [0.717, 1.165) is 31.2 Å². The van der Waals surface area contributed by atoms with Gasteiger partial charge < -0.3 is 9.88 Å². The van der Waals surface area contributed by atoms with Gasteiger partial charge >= 0.3 is 0 Å². The number of pyridine rings is 1. The molecule has 1 amide bonds. The lowest BCUT2D eigenvalue weighted by Gasteiger charge is -2.29. The second-order valence-electron chi connectivity index (χ2n) is 6.71. The minimum Gasteiger partial charge on any atom is -0.335 e. The summed E-state index contributed by atoms with van der Waals surface area (Å²) < 4.78 is 13.4. The second-order valence-corrected chi connectivity index (χ2v) is 6.71. The van der Waals surface area contributed by atoms with Gasteiger partial charge in [-0.05, 0) is 49.4 Å². The summed E-state index contributed by atoms with van der Waals surface area (Å²) in [5.74, 6) is -0.315. The quantitative estimate of drug-likeness (QED) is 0.905. The third kappa shape index (κ3) is 4.16. The topological polar surface area (TPSA) is 53.2 Å². The molecule has 1 aromatic heterocycles. The molecule has 1 aliphatic rings. The molecule has 1 fully saturated rings. The van der Waals surface area contributed by atoms with Crippen LogP contribution in [-0.2, 0) is 6.42 Å². The predicted molar refractivity (Wildman–Crippen MR) is 95.2 cm³/mol. The van der Waals surface area contributed by atoms with E-state index >= 15 is 0 Å². The fourth-order valence-corrected chi connectivity index (χ4v) is 3.57. The highest BCUT2D eigenvalue weighted by Gasteiger charge is 2.28. The van der Waals surface area contributed by atoms with E-state index in [1.807, 2.05) is 11.0 Å². The van der Waals surface area contributed by atoms with Gasteiger partial charge in [-0.3, -0.25) is 9.59 Å². The van der Waals surface area contributed by atoms with Crippen LogP contribution in [0, 0.1) is 12.7 Å². The number of H-pyrrole nitrogens is 1. The van der Waals surface area contributed by atoms with Crippen LogP contribution in [0.2, 0.25) is 0 Å². The molecule has 0 aliphatic heterocycles. The van der Waals surface area contributed by atoms with Crippen molar-refractivity contribution in [1.82, 2.24) is 9.88 Å². The Labute approximate surface area is 146 Å². The van der Waals surface area contributed by atoms with E-state index in [1.165, 1.54) is 24.4 Å². The first-order chi connectivity index (χ1) is 12.0. The van der Waals surface area contributed by atoms with E-state index in [0.29, 0.717) is 24.1 Å². The fourth-order valence-electron chi connectivity index (χ4n) is 3.57. The number of aryl methyl sites for hydroxylation is 1. The van der Waals surface area contributed by atoms with Gasteiger partial charge in [0, 0.05) is 24.8 Å². The summed E-state index contributed by atoms with van der Waals surface area (Å²) in [5, 5.41) is 0. The summed E-state index contributed by atoms with van der Waals surface area (Å²) in [6.07, 6.45) is 6.36.